The molecular formula is C20H18O7. The van der Waals surface area contributed by atoms with Crippen molar-refractivity contribution in [3.05, 3.63) is 51.6 Å². The van der Waals surface area contributed by atoms with Crippen molar-refractivity contribution in [3.63, 3.8) is 0 Å². The smallest absolute Gasteiger partial charge is 0.339 e. The number of phenols is 3. The molecule has 4 N–H and O–H groups in total. The Labute approximate surface area is 154 Å². The maximum atomic E-state index is 13.1. The van der Waals surface area contributed by atoms with E-state index in [2.05, 4.69) is 0 Å². The largest absolute Gasteiger partial charge is 0.508 e. The molecule has 2 aromatic rings. The summed E-state index contributed by atoms with van der Waals surface area (Å²) in [5.41, 5.74) is -1.08. The molecule has 0 aromatic heterocycles. The number of phenolic OH excluding ortho intramolecular Hbond substituents is 2. The van der Waals surface area contributed by atoms with E-state index in [0.29, 0.717) is 6.42 Å². The Morgan fingerprint density at radius 2 is 1.56 bits per heavy atom. The lowest BCUT2D eigenvalue weighted by atomic mass is 9.78. The van der Waals surface area contributed by atoms with E-state index in [0.717, 1.165) is 18.2 Å². The summed E-state index contributed by atoms with van der Waals surface area (Å²) < 4.78 is 0. The average Bonchev–Trinajstić information content (AvgIpc) is 2.55. The monoisotopic (exact) mass is 370 g/mol. The zero-order valence-electron chi connectivity index (χ0n) is 14.7. The van der Waals surface area contributed by atoms with Crippen molar-refractivity contribution in [2.75, 3.05) is 0 Å². The molecule has 0 aliphatic heterocycles. The number of carbonyl (C=O) groups is 3. The number of hydrogen-bond acceptors (Lipinski definition) is 6. The van der Waals surface area contributed by atoms with Gasteiger partial charge in [0.05, 0.1) is 5.56 Å². The highest BCUT2D eigenvalue weighted by Crippen LogP contribution is 2.40. The SMILES string of the molecule is CC(C)CCc1c(C(=O)O)c(O)cc2c1C(=O)c1c(O)cc(O)cc1C2=O. The molecule has 1 aliphatic rings. The Morgan fingerprint density at radius 1 is 0.926 bits per heavy atom. The second-order valence-corrected chi connectivity index (χ2v) is 6.96. The molecule has 0 radical (unpaired) electrons. The molecule has 27 heavy (non-hydrogen) atoms. The summed E-state index contributed by atoms with van der Waals surface area (Å²) in [7, 11) is 0. The van der Waals surface area contributed by atoms with Crippen LogP contribution in [0.1, 0.15) is 68.0 Å². The van der Waals surface area contributed by atoms with Crippen LogP contribution >= 0.6 is 0 Å². The minimum absolute atomic E-state index is 0.0719. The maximum absolute atomic E-state index is 13.1. The molecule has 0 spiro atoms. The third-order valence-corrected chi connectivity index (χ3v) is 4.64. The van der Waals surface area contributed by atoms with Crippen molar-refractivity contribution in [2.24, 2.45) is 5.92 Å². The fourth-order valence-electron chi connectivity index (χ4n) is 3.38. The first-order valence-electron chi connectivity index (χ1n) is 8.41. The number of fused-ring (bicyclic) bond motifs is 2. The standard InChI is InChI=1S/C20H18O7/c1-8(2)3-4-10-15-12(7-14(23)17(10)20(26)27)18(24)11-5-9(21)6-13(22)16(11)19(15)25/h5-8,21-23H,3-4H2,1-2H3,(H,26,27). The summed E-state index contributed by atoms with van der Waals surface area (Å²) in [5, 5.41) is 39.5. The van der Waals surface area contributed by atoms with E-state index in [9.17, 15) is 34.8 Å². The number of rotatable bonds is 4. The Bertz CT molecular complexity index is 1000. The first-order chi connectivity index (χ1) is 12.6. The summed E-state index contributed by atoms with van der Waals surface area (Å²) in [4.78, 5) is 37.6. The van der Waals surface area contributed by atoms with Crippen LogP contribution in [0, 0.1) is 5.92 Å². The Hall–Kier alpha value is -3.35. The summed E-state index contributed by atoms with van der Waals surface area (Å²) >= 11 is 0. The average molecular weight is 370 g/mol. The number of aromatic carboxylic acids is 1. The van der Waals surface area contributed by atoms with E-state index < -0.39 is 34.6 Å². The van der Waals surface area contributed by atoms with Crippen molar-refractivity contribution < 1.29 is 34.8 Å². The van der Waals surface area contributed by atoms with Gasteiger partial charge in [-0.15, -0.1) is 0 Å². The fraction of sp³-hybridized carbons (Fsp3) is 0.250. The predicted molar refractivity (Wildman–Crippen MR) is 94.9 cm³/mol. The van der Waals surface area contributed by atoms with E-state index >= 15 is 0 Å². The van der Waals surface area contributed by atoms with Crippen LogP contribution in [0.15, 0.2) is 18.2 Å². The number of ketones is 2. The lowest BCUT2D eigenvalue weighted by molar-refractivity contribution is 0.0691. The number of hydrogen-bond donors (Lipinski definition) is 4. The van der Waals surface area contributed by atoms with Crippen LogP contribution in [0.2, 0.25) is 0 Å². The van der Waals surface area contributed by atoms with E-state index in [1.165, 1.54) is 0 Å². The number of carboxylic acid groups (broad SMARTS) is 1. The first-order valence-corrected chi connectivity index (χ1v) is 8.41. The van der Waals surface area contributed by atoms with Gasteiger partial charge < -0.3 is 20.4 Å². The highest BCUT2D eigenvalue weighted by Gasteiger charge is 2.37. The molecule has 0 saturated carbocycles. The molecule has 7 nitrogen and oxygen atoms in total. The third kappa shape index (κ3) is 2.91. The van der Waals surface area contributed by atoms with Gasteiger partial charge in [0.15, 0.2) is 11.6 Å². The molecule has 0 amide bonds. The van der Waals surface area contributed by atoms with Gasteiger partial charge in [0.25, 0.3) is 0 Å². The lowest BCUT2D eigenvalue weighted by Gasteiger charge is -2.23. The highest BCUT2D eigenvalue weighted by atomic mass is 16.4. The molecule has 0 bridgehead atoms. The van der Waals surface area contributed by atoms with Gasteiger partial charge in [-0.25, -0.2) is 4.79 Å². The predicted octanol–water partition coefficient (Wildman–Crippen LogP) is 2.87. The molecule has 0 atom stereocenters. The molecule has 7 heteroatoms. The van der Waals surface area contributed by atoms with E-state index in [-0.39, 0.29) is 45.9 Å². The topological polar surface area (TPSA) is 132 Å². The first kappa shape index (κ1) is 18.4. The molecule has 2 aromatic carbocycles. The van der Waals surface area contributed by atoms with Crippen LogP contribution in [0.4, 0.5) is 0 Å². The number of benzene rings is 2. The summed E-state index contributed by atoms with van der Waals surface area (Å²) in [6, 6.07) is 2.97. The van der Waals surface area contributed by atoms with Crippen molar-refractivity contribution >= 4 is 17.5 Å². The second kappa shape index (κ2) is 6.42. The minimum Gasteiger partial charge on any atom is -0.508 e. The molecule has 3 rings (SSSR count). The van der Waals surface area contributed by atoms with E-state index in [1.54, 1.807) is 0 Å². The Morgan fingerprint density at radius 3 is 2.15 bits per heavy atom. The normalized spacial score (nSPS) is 12.9. The van der Waals surface area contributed by atoms with Crippen LogP contribution in [0.25, 0.3) is 0 Å². The maximum Gasteiger partial charge on any atom is 0.339 e. The van der Waals surface area contributed by atoms with E-state index in [4.69, 9.17) is 0 Å². The number of aromatic hydroxyl groups is 3. The molecular weight excluding hydrogens is 352 g/mol. The Balaban J connectivity index is 2.34. The zero-order valence-corrected chi connectivity index (χ0v) is 14.7. The minimum atomic E-state index is -1.41. The molecule has 140 valence electrons. The van der Waals surface area contributed by atoms with Gasteiger partial charge in [-0.05, 0) is 36.5 Å². The summed E-state index contributed by atoms with van der Waals surface area (Å²) in [6.07, 6.45) is 0.704. The third-order valence-electron chi connectivity index (χ3n) is 4.64. The Kier molecular flexibility index (Phi) is 4.39. The van der Waals surface area contributed by atoms with Gasteiger partial charge in [-0.1, -0.05) is 13.8 Å². The number of carbonyl (C=O) groups excluding carboxylic acids is 2. The van der Waals surface area contributed by atoms with Crippen molar-refractivity contribution in [1.82, 2.24) is 0 Å². The fourth-order valence-corrected chi connectivity index (χ4v) is 3.38. The van der Waals surface area contributed by atoms with Crippen molar-refractivity contribution in [3.8, 4) is 17.2 Å². The molecule has 0 heterocycles. The van der Waals surface area contributed by atoms with Crippen LogP contribution < -0.4 is 0 Å². The highest BCUT2D eigenvalue weighted by molar-refractivity contribution is 6.30. The lowest BCUT2D eigenvalue weighted by Crippen LogP contribution is -2.24. The van der Waals surface area contributed by atoms with E-state index in [1.807, 2.05) is 13.8 Å². The van der Waals surface area contributed by atoms with Crippen molar-refractivity contribution in [2.45, 2.75) is 26.7 Å². The van der Waals surface area contributed by atoms with Crippen LogP contribution in [0.3, 0.4) is 0 Å². The summed E-state index contributed by atoms with van der Waals surface area (Å²) in [5.74, 6) is -4.15. The zero-order chi connectivity index (χ0) is 20.0. The molecule has 0 unspecified atom stereocenters. The van der Waals surface area contributed by atoms with Crippen LogP contribution in [-0.2, 0) is 6.42 Å². The van der Waals surface area contributed by atoms with Gasteiger partial charge in [-0.3, -0.25) is 9.59 Å². The summed E-state index contributed by atoms with van der Waals surface area (Å²) in [6.45, 7) is 3.85. The van der Waals surface area contributed by atoms with Crippen molar-refractivity contribution in [1.29, 1.82) is 0 Å². The second-order valence-electron chi connectivity index (χ2n) is 6.96. The molecule has 0 fully saturated rings. The molecule has 1 aliphatic carbocycles. The van der Waals surface area contributed by atoms with Gasteiger partial charge in [-0.2, -0.15) is 0 Å². The van der Waals surface area contributed by atoms with Gasteiger partial charge >= 0.3 is 5.97 Å². The van der Waals surface area contributed by atoms with Gasteiger partial charge in [0, 0.05) is 22.8 Å². The van der Waals surface area contributed by atoms with Gasteiger partial charge in [0.1, 0.15) is 22.8 Å². The van der Waals surface area contributed by atoms with Crippen LogP contribution in [-0.4, -0.2) is 38.0 Å². The quantitative estimate of drug-likeness (QED) is 0.555. The number of carboxylic acids is 1. The van der Waals surface area contributed by atoms with Gasteiger partial charge in [0.2, 0.25) is 0 Å². The molecule has 0 saturated heterocycles. The van der Waals surface area contributed by atoms with Crippen LogP contribution in [0.5, 0.6) is 17.2 Å².